The maximum Gasteiger partial charge on any atom is -0.00226 e. The van der Waals surface area contributed by atoms with E-state index in [1.165, 1.54) is 11.1 Å². The Kier molecular flexibility index (Phi) is 4.94. The molecule has 1 aromatic rings. The molecule has 0 saturated carbocycles. The molecule has 0 fully saturated rings. The van der Waals surface area contributed by atoms with Crippen molar-refractivity contribution in [3.8, 4) is 0 Å². The lowest BCUT2D eigenvalue weighted by Gasteiger charge is -2.24. The molecule has 1 aromatic carbocycles. The van der Waals surface area contributed by atoms with Crippen molar-refractivity contribution in [2.75, 3.05) is 13.1 Å². The van der Waals surface area contributed by atoms with Crippen molar-refractivity contribution in [3.63, 3.8) is 0 Å². The molecule has 0 saturated heterocycles. The summed E-state index contributed by atoms with van der Waals surface area (Å²) in [7, 11) is 0. The predicted molar refractivity (Wildman–Crippen MR) is 79.5 cm³/mol. The summed E-state index contributed by atoms with van der Waals surface area (Å²) >= 11 is 0. The molecule has 0 heterocycles. The monoisotopic (exact) mass is 248 g/mol. The summed E-state index contributed by atoms with van der Waals surface area (Å²) in [5.41, 5.74) is 14.7. The lowest BCUT2D eigenvalue weighted by molar-refractivity contribution is 0.372. The van der Waals surface area contributed by atoms with Crippen LogP contribution >= 0.6 is 0 Å². The molecule has 0 amide bonds. The fourth-order valence-corrected chi connectivity index (χ4v) is 2.10. The summed E-state index contributed by atoms with van der Waals surface area (Å²) in [6.07, 6.45) is 2.06. The average molecular weight is 248 g/mol. The quantitative estimate of drug-likeness (QED) is 0.813. The van der Waals surface area contributed by atoms with E-state index in [-0.39, 0.29) is 10.8 Å². The molecule has 102 valence electrons. The van der Waals surface area contributed by atoms with Crippen LogP contribution < -0.4 is 11.5 Å². The summed E-state index contributed by atoms with van der Waals surface area (Å²) in [5.74, 6) is 0. The minimum atomic E-state index is 0.169. The largest absolute Gasteiger partial charge is 0.330 e. The molecule has 0 radical (unpaired) electrons. The van der Waals surface area contributed by atoms with Crippen molar-refractivity contribution in [2.24, 2.45) is 22.3 Å². The van der Waals surface area contributed by atoms with Crippen LogP contribution in [0.25, 0.3) is 0 Å². The Morgan fingerprint density at radius 2 is 1.22 bits per heavy atom. The zero-order valence-corrected chi connectivity index (χ0v) is 12.3. The predicted octanol–water partition coefficient (Wildman–Crippen LogP) is 2.74. The van der Waals surface area contributed by atoms with Crippen LogP contribution in [-0.2, 0) is 12.8 Å². The van der Waals surface area contributed by atoms with Gasteiger partial charge in [-0.3, -0.25) is 0 Å². The van der Waals surface area contributed by atoms with Gasteiger partial charge < -0.3 is 11.5 Å². The molecule has 2 nitrogen and oxygen atoms in total. The zero-order valence-electron chi connectivity index (χ0n) is 12.3. The first-order valence-electron chi connectivity index (χ1n) is 6.76. The Hall–Kier alpha value is -0.860. The summed E-state index contributed by atoms with van der Waals surface area (Å²) in [5, 5.41) is 0. The Balaban J connectivity index is 2.80. The summed E-state index contributed by atoms with van der Waals surface area (Å²) < 4.78 is 0. The Labute approximate surface area is 112 Å². The number of hydrogen-bond acceptors (Lipinski definition) is 2. The van der Waals surface area contributed by atoms with Gasteiger partial charge >= 0.3 is 0 Å². The van der Waals surface area contributed by atoms with Gasteiger partial charge in [0.1, 0.15) is 0 Å². The Morgan fingerprint density at radius 3 is 1.56 bits per heavy atom. The first-order chi connectivity index (χ1) is 8.28. The second-order valence-electron chi connectivity index (χ2n) is 6.91. The Morgan fingerprint density at radius 1 is 0.833 bits per heavy atom. The highest BCUT2D eigenvalue weighted by Crippen LogP contribution is 2.24. The smallest absolute Gasteiger partial charge is 0.00226 e. The van der Waals surface area contributed by atoms with Gasteiger partial charge in [-0.25, -0.2) is 0 Å². The summed E-state index contributed by atoms with van der Waals surface area (Å²) in [4.78, 5) is 0. The van der Waals surface area contributed by atoms with E-state index in [9.17, 15) is 0 Å². The van der Waals surface area contributed by atoms with Crippen LogP contribution in [0.2, 0.25) is 0 Å². The first-order valence-corrected chi connectivity index (χ1v) is 6.76. The van der Waals surface area contributed by atoms with Gasteiger partial charge in [0, 0.05) is 0 Å². The average Bonchev–Trinajstić information content (AvgIpc) is 2.28. The number of hydrogen-bond donors (Lipinski definition) is 2. The molecule has 0 aliphatic carbocycles. The second kappa shape index (κ2) is 5.85. The van der Waals surface area contributed by atoms with Crippen molar-refractivity contribution < 1.29 is 0 Å². The normalized spacial score (nSPS) is 12.8. The van der Waals surface area contributed by atoms with Crippen molar-refractivity contribution in [1.29, 1.82) is 0 Å². The van der Waals surface area contributed by atoms with Gasteiger partial charge in [-0.15, -0.1) is 0 Å². The van der Waals surface area contributed by atoms with Crippen molar-refractivity contribution in [2.45, 2.75) is 40.5 Å². The van der Waals surface area contributed by atoms with Crippen LogP contribution in [0.1, 0.15) is 38.8 Å². The highest BCUT2D eigenvalue weighted by molar-refractivity contribution is 5.25. The van der Waals surface area contributed by atoms with E-state index < -0.39 is 0 Å². The summed E-state index contributed by atoms with van der Waals surface area (Å²) in [6.45, 7) is 10.3. The molecule has 0 aromatic heterocycles. The van der Waals surface area contributed by atoms with Crippen LogP contribution in [-0.4, -0.2) is 13.1 Å². The maximum atomic E-state index is 5.80. The van der Waals surface area contributed by atoms with Gasteiger partial charge in [-0.1, -0.05) is 52.0 Å². The molecule has 0 spiro atoms. The van der Waals surface area contributed by atoms with Crippen molar-refractivity contribution in [3.05, 3.63) is 35.4 Å². The van der Waals surface area contributed by atoms with E-state index >= 15 is 0 Å². The van der Waals surface area contributed by atoms with E-state index in [4.69, 9.17) is 11.5 Å². The SMILES string of the molecule is CC(C)(CN)Cc1cccc(CC(C)(C)CN)c1. The van der Waals surface area contributed by atoms with Crippen LogP contribution in [0, 0.1) is 10.8 Å². The third-order valence-electron chi connectivity index (χ3n) is 3.46. The molecule has 4 N–H and O–H groups in total. The van der Waals surface area contributed by atoms with Crippen molar-refractivity contribution in [1.82, 2.24) is 0 Å². The van der Waals surface area contributed by atoms with Crippen LogP contribution in [0.3, 0.4) is 0 Å². The van der Waals surface area contributed by atoms with Gasteiger partial charge in [-0.2, -0.15) is 0 Å². The summed E-state index contributed by atoms with van der Waals surface area (Å²) in [6, 6.07) is 8.82. The zero-order chi connectivity index (χ0) is 13.8. The van der Waals surface area contributed by atoms with E-state index in [0.717, 1.165) is 12.8 Å². The Bertz CT molecular complexity index is 347. The van der Waals surface area contributed by atoms with Crippen LogP contribution in [0.15, 0.2) is 24.3 Å². The van der Waals surface area contributed by atoms with E-state index in [0.29, 0.717) is 13.1 Å². The highest BCUT2D eigenvalue weighted by Gasteiger charge is 2.18. The van der Waals surface area contributed by atoms with Crippen molar-refractivity contribution >= 4 is 0 Å². The van der Waals surface area contributed by atoms with E-state index in [1.54, 1.807) is 0 Å². The highest BCUT2D eigenvalue weighted by atomic mass is 14.6. The van der Waals surface area contributed by atoms with Crippen LogP contribution in [0.5, 0.6) is 0 Å². The van der Waals surface area contributed by atoms with E-state index in [1.807, 2.05) is 0 Å². The van der Waals surface area contributed by atoms with Gasteiger partial charge in [-0.05, 0) is 47.9 Å². The molecule has 0 aliphatic heterocycles. The van der Waals surface area contributed by atoms with Gasteiger partial charge in [0.2, 0.25) is 0 Å². The molecule has 0 unspecified atom stereocenters. The topological polar surface area (TPSA) is 52.0 Å². The third-order valence-corrected chi connectivity index (χ3v) is 3.46. The van der Waals surface area contributed by atoms with Crippen LogP contribution in [0.4, 0.5) is 0 Å². The molecule has 18 heavy (non-hydrogen) atoms. The molecule has 2 heteroatoms. The molecule has 0 atom stereocenters. The van der Waals surface area contributed by atoms with Gasteiger partial charge in [0.25, 0.3) is 0 Å². The number of benzene rings is 1. The molecule has 0 bridgehead atoms. The number of rotatable bonds is 6. The van der Waals surface area contributed by atoms with E-state index in [2.05, 4.69) is 52.0 Å². The molecular weight excluding hydrogens is 220 g/mol. The minimum absolute atomic E-state index is 0.169. The fraction of sp³-hybridized carbons (Fsp3) is 0.625. The lowest BCUT2D eigenvalue weighted by Crippen LogP contribution is -2.27. The standard InChI is InChI=1S/C16H28N2/c1-15(2,11-17)9-13-6-5-7-14(8-13)10-16(3,4)12-18/h5-8H,9-12,17-18H2,1-4H3. The first kappa shape index (κ1) is 15.2. The van der Waals surface area contributed by atoms with Gasteiger partial charge in [0.05, 0.1) is 0 Å². The second-order valence-corrected chi connectivity index (χ2v) is 6.91. The molecule has 1 rings (SSSR count). The molecular formula is C16H28N2. The lowest BCUT2D eigenvalue weighted by atomic mass is 9.83. The fourth-order valence-electron chi connectivity index (χ4n) is 2.10. The number of nitrogens with two attached hydrogens (primary N) is 2. The molecule has 0 aliphatic rings. The third kappa shape index (κ3) is 4.79. The van der Waals surface area contributed by atoms with Gasteiger partial charge in [0.15, 0.2) is 0 Å². The maximum absolute atomic E-state index is 5.80. The minimum Gasteiger partial charge on any atom is -0.330 e.